The Kier molecular flexibility index (Phi) is 3.59. The fourth-order valence-corrected chi connectivity index (χ4v) is 1.57. The number of carbonyl (C=O) groups excluding carboxylic acids is 1. The molecule has 18 heavy (non-hydrogen) atoms. The number of carbonyl (C=O) groups is 1. The second kappa shape index (κ2) is 5.33. The molecule has 0 saturated heterocycles. The zero-order valence-electron chi connectivity index (χ0n) is 9.59. The summed E-state index contributed by atoms with van der Waals surface area (Å²) in [5.74, 6) is -0.500. The lowest BCUT2D eigenvalue weighted by Crippen LogP contribution is -2.31. The van der Waals surface area contributed by atoms with Crippen LogP contribution in [0.2, 0.25) is 0 Å². The molecule has 94 valence electrons. The maximum Gasteiger partial charge on any atom is 0.284 e. The van der Waals surface area contributed by atoms with E-state index in [9.17, 15) is 9.59 Å². The molecular weight excluding hydrogens is 234 g/mol. The third-order valence-electron chi connectivity index (χ3n) is 2.43. The molecule has 0 atom stereocenters. The Morgan fingerprint density at radius 1 is 1.33 bits per heavy atom. The van der Waals surface area contributed by atoms with Crippen molar-refractivity contribution in [3.8, 4) is 5.69 Å². The van der Waals surface area contributed by atoms with E-state index in [1.165, 1.54) is 10.9 Å². The molecule has 0 unspecified atom stereocenters. The van der Waals surface area contributed by atoms with Crippen molar-refractivity contribution in [1.82, 2.24) is 15.1 Å². The average molecular weight is 247 g/mol. The highest BCUT2D eigenvalue weighted by Crippen LogP contribution is 2.02. The van der Waals surface area contributed by atoms with Crippen LogP contribution in [-0.2, 0) is 0 Å². The van der Waals surface area contributed by atoms with Crippen LogP contribution < -0.4 is 10.9 Å². The molecule has 3 N–H and O–H groups in total. The molecule has 6 heteroatoms. The Hall–Kier alpha value is -2.34. The first-order valence-electron chi connectivity index (χ1n) is 5.49. The Morgan fingerprint density at radius 2 is 2.06 bits per heavy atom. The van der Waals surface area contributed by atoms with E-state index < -0.39 is 11.5 Å². The number of nitrogens with one attached hydrogen (secondary N) is 2. The van der Waals surface area contributed by atoms with Gasteiger partial charge in [0.15, 0.2) is 0 Å². The highest BCUT2D eigenvalue weighted by atomic mass is 16.3. The van der Waals surface area contributed by atoms with Gasteiger partial charge in [-0.3, -0.25) is 14.7 Å². The normalized spacial score (nSPS) is 10.3. The van der Waals surface area contributed by atoms with Crippen molar-refractivity contribution in [3.05, 3.63) is 52.4 Å². The third-order valence-corrected chi connectivity index (χ3v) is 2.43. The molecule has 1 heterocycles. The lowest BCUT2D eigenvalue weighted by atomic mass is 10.3. The van der Waals surface area contributed by atoms with Crippen LogP contribution in [0.15, 0.2) is 41.3 Å². The molecule has 1 aromatic heterocycles. The third kappa shape index (κ3) is 2.33. The number of rotatable bonds is 4. The van der Waals surface area contributed by atoms with E-state index in [4.69, 9.17) is 5.11 Å². The number of hydrogen-bond acceptors (Lipinski definition) is 3. The second-order valence-corrected chi connectivity index (χ2v) is 3.64. The number of aromatic amines is 1. The van der Waals surface area contributed by atoms with Gasteiger partial charge in [-0.25, -0.2) is 4.68 Å². The lowest BCUT2D eigenvalue weighted by Gasteiger charge is -2.00. The summed E-state index contributed by atoms with van der Waals surface area (Å²) in [6.07, 6.45) is 1.35. The quantitative estimate of drug-likeness (QED) is 0.704. The van der Waals surface area contributed by atoms with Crippen molar-refractivity contribution in [2.75, 3.05) is 13.2 Å². The van der Waals surface area contributed by atoms with Crippen molar-refractivity contribution >= 4 is 5.91 Å². The molecule has 0 radical (unpaired) electrons. The van der Waals surface area contributed by atoms with E-state index in [1.54, 1.807) is 24.3 Å². The Balaban J connectivity index is 2.30. The van der Waals surface area contributed by atoms with Gasteiger partial charge in [0.1, 0.15) is 5.56 Å². The summed E-state index contributed by atoms with van der Waals surface area (Å²) in [7, 11) is 0. The number of amides is 1. The summed E-state index contributed by atoms with van der Waals surface area (Å²) >= 11 is 0. The largest absolute Gasteiger partial charge is 0.395 e. The maximum absolute atomic E-state index is 12.0. The number of H-pyrrole nitrogens is 1. The minimum Gasteiger partial charge on any atom is -0.395 e. The van der Waals surface area contributed by atoms with E-state index in [-0.39, 0.29) is 18.7 Å². The van der Waals surface area contributed by atoms with Crippen molar-refractivity contribution in [2.45, 2.75) is 0 Å². The van der Waals surface area contributed by atoms with Crippen LogP contribution in [0.5, 0.6) is 0 Å². The molecular formula is C12H13N3O3. The number of benzene rings is 1. The van der Waals surface area contributed by atoms with Gasteiger partial charge < -0.3 is 10.4 Å². The van der Waals surface area contributed by atoms with Gasteiger partial charge in [0, 0.05) is 12.7 Å². The highest BCUT2D eigenvalue weighted by Gasteiger charge is 2.14. The smallest absolute Gasteiger partial charge is 0.284 e. The van der Waals surface area contributed by atoms with Crippen LogP contribution in [0.1, 0.15) is 10.4 Å². The monoisotopic (exact) mass is 247 g/mol. The lowest BCUT2D eigenvalue weighted by molar-refractivity contribution is 0.0943. The van der Waals surface area contributed by atoms with Crippen molar-refractivity contribution in [2.24, 2.45) is 0 Å². The zero-order chi connectivity index (χ0) is 13.0. The summed E-state index contributed by atoms with van der Waals surface area (Å²) in [6.45, 7) is -0.0438. The van der Waals surface area contributed by atoms with Crippen LogP contribution >= 0.6 is 0 Å². The molecule has 0 spiro atoms. The van der Waals surface area contributed by atoms with E-state index in [0.717, 1.165) is 0 Å². The summed E-state index contributed by atoms with van der Waals surface area (Å²) < 4.78 is 1.29. The number of aromatic nitrogens is 2. The fourth-order valence-electron chi connectivity index (χ4n) is 1.57. The molecule has 0 aliphatic heterocycles. The minimum atomic E-state index is -0.500. The van der Waals surface area contributed by atoms with E-state index in [2.05, 4.69) is 10.4 Å². The highest BCUT2D eigenvalue weighted by molar-refractivity contribution is 5.93. The summed E-state index contributed by atoms with van der Waals surface area (Å²) in [5, 5.41) is 13.8. The Morgan fingerprint density at radius 3 is 2.72 bits per heavy atom. The van der Waals surface area contributed by atoms with Gasteiger partial charge in [0.05, 0.1) is 12.3 Å². The first kappa shape index (κ1) is 12.1. The molecule has 1 aromatic carbocycles. The van der Waals surface area contributed by atoms with Crippen LogP contribution in [0.4, 0.5) is 0 Å². The van der Waals surface area contributed by atoms with Crippen molar-refractivity contribution in [1.29, 1.82) is 0 Å². The topological polar surface area (TPSA) is 87.1 Å². The van der Waals surface area contributed by atoms with Crippen molar-refractivity contribution < 1.29 is 9.90 Å². The van der Waals surface area contributed by atoms with Gasteiger partial charge in [-0.2, -0.15) is 0 Å². The van der Waals surface area contributed by atoms with Gasteiger partial charge in [-0.15, -0.1) is 0 Å². The molecule has 6 nitrogen and oxygen atoms in total. The zero-order valence-corrected chi connectivity index (χ0v) is 9.59. The Bertz CT molecular complexity index is 586. The molecule has 1 amide bonds. The van der Waals surface area contributed by atoms with Gasteiger partial charge in [0.25, 0.3) is 11.5 Å². The standard InChI is InChI=1S/C12H13N3O3/c16-7-6-13-11(17)10-8-14-15(12(10)18)9-4-2-1-3-5-9/h1-5,8,14,16H,6-7H2,(H,13,17). The SMILES string of the molecule is O=C(NCCO)c1c[nH]n(-c2ccccc2)c1=O. The van der Waals surface area contributed by atoms with Crippen LogP contribution in [0.25, 0.3) is 5.69 Å². The molecule has 0 aliphatic carbocycles. The Labute approximate surface area is 103 Å². The fraction of sp³-hybridized carbons (Fsp3) is 0.167. The summed E-state index contributed by atoms with van der Waals surface area (Å²) in [6, 6.07) is 8.95. The number of nitrogens with zero attached hydrogens (tertiary/aromatic N) is 1. The second-order valence-electron chi connectivity index (χ2n) is 3.64. The molecule has 2 rings (SSSR count). The van der Waals surface area contributed by atoms with E-state index in [1.807, 2.05) is 6.07 Å². The van der Waals surface area contributed by atoms with E-state index in [0.29, 0.717) is 5.69 Å². The van der Waals surface area contributed by atoms with Gasteiger partial charge >= 0.3 is 0 Å². The van der Waals surface area contributed by atoms with Crippen molar-refractivity contribution in [3.63, 3.8) is 0 Å². The maximum atomic E-state index is 12.0. The minimum absolute atomic E-state index is 0.0207. The van der Waals surface area contributed by atoms with Gasteiger partial charge in [-0.1, -0.05) is 18.2 Å². The average Bonchev–Trinajstić information content (AvgIpc) is 2.79. The van der Waals surface area contributed by atoms with Gasteiger partial charge in [0.2, 0.25) is 0 Å². The number of aliphatic hydroxyl groups is 1. The van der Waals surface area contributed by atoms with Crippen LogP contribution in [-0.4, -0.2) is 33.9 Å². The summed E-state index contributed by atoms with van der Waals surface area (Å²) in [5.41, 5.74) is 0.257. The molecule has 0 fully saturated rings. The first-order chi connectivity index (χ1) is 8.74. The predicted molar refractivity (Wildman–Crippen MR) is 65.8 cm³/mol. The van der Waals surface area contributed by atoms with Crippen LogP contribution in [0, 0.1) is 0 Å². The molecule has 0 bridgehead atoms. The molecule has 0 saturated carbocycles. The number of aliphatic hydroxyl groups excluding tert-OH is 1. The molecule has 0 aliphatic rings. The predicted octanol–water partition coefficient (Wildman–Crippen LogP) is -0.112. The van der Waals surface area contributed by atoms with Crippen LogP contribution in [0.3, 0.4) is 0 Å². The number of hydrogen-bond donors (Lipinski definition) is 3. The number of para-hydroxylation sites is 1. The first-order valence-corrected chi connectivity index (χ1v) is 5.49. The summed E-state index contributed by atoms with van der Waals surface area (Å²) in [4.78, 5) is 23.6. The van der Waals surface area contributed by atoms with E-state index >= 15 is 0 Å². The van der Waals surface area contributed by atoms with Gasteiger partial charge in [-0.05, 0) is 12.1 Å². The molecule has 2 aromatic rings.